The Bertz CT molecular complexity index is 1170. The number of carbonyl (C=O) groups is 2. The number of thiophene rings is 1. The van der Waals surface area contributed by atoms with Gasteiger partial charge in [-0.1, -0.05) is 18.2 Å². The molecule has 0 radical (unpaired) electrons. The molecule has 30 heavy (non-hydrogen) atoms. The van der Waals surface area contributed by atoms with Crippen LogP contribution in [0.1, 0.15) is 16.9 Å². The minimum absolute atomic E-state index is 0.0775. The summed E-state index contributed by atoms with van der Waals surface area (Å²) in [6.07, 6.45) is 0.0775. The molecule has 8 heteroatoms. The summed E-state index contributed by atoms with van der Waals surface area (Å²) in [4.78, 5) is 32.7. The third-order valence-corrected chi connectivity index (χ3v) is 6.34. The third kappa shape index (κ3) is 4.34. The molecule has 5 nitrogen and oxygen atoms in total. The predicted octanol–water partition coefficient (Wildman–Crippen LogP) is 5.45. The lowest BCUT2D eigenvalue weighted by atomic mass is 10.2. The molecule has 0 fully saturated rings. The van der Waals surface area contributed by atoms with E-state index >= 15 is 0 Å². The Morgan fingerprint density at radius 2 is 2.03 bits per heavy atom. The zero-order chi connectivity index (χ0) is 21.3. The number of anilines is 2. The minimum atomic E-state index is -0.413. The number of nitrogens with zero attached hydrogens (tertiary/aromatic N) is 2. The summed E-state index contributed by atoms with van der Waals surface area (Å²) in [6, 6.07) is 15.5. The van der Waals surface area contributed by atoms with Crippen molar-refractivity contribution >= 4 is 61.9 Å². The van der Waals surface area contributed by atoms with Gasteiger partial charge in [-0.15, -0.1) is 11.3 Å². The Balaban J connectivity index is 1.59. The number of nitrogens with one attached hydrogen (secondary N) is 1. The molecule has 2 amide bonds. The third-order valence-electron chi connectivity index (χ3n) is 4.66. The average molecular weight is 486 g/mol. The standard InChI is InChI=1S/C22H17BrFN3O2S/c1-13-6-7-14(10-15(13)24)25-21(28)12-27-18-5-3-2-4-16(18)26-17(11-22(27)29)19-8-9-20(23)30-19/h2-10H,11-12H2,1H3,(H,25,28). The van der Waals surface area contributed by atoms with Gasteiger partial charge in [0.1, 0.15) is 12.4 Å². The van der Waals surface area contributed by atoms with Crippen molar-refractivity contribution in [2.24, 2.45) is 4.99 Å². The van der Waals surface area contributed by atoms with E-state index in [1.807, 2.05) is 24.3 Å². The SMILES string of the molecule is Cc1ccc(NC(=O)CN2C(=O)CC(c3ccc(Br)s3)=Nc3ccccc32)cc1F. The monoisotopic (exact) mass is 485 g/mol. The van der Waals surface area contributed by atoms with E-state index in [0.717, 1.165) is 8.66 Å². The lowest BCUT2D eigenvalue weighted by Crippen LogP contribution is -2.38. The zero-order valence-corrected chi connectivity index (χ0v) is 18.4. The highest BCUT2D eigenvalue weighted by Crippen LogP contribution is 2.34. The van der Waals surface area contributed by atoms with E-state index in [0.29, 0.717) is 28.3 Å². The Morgan fingerprint density at radius 1 is 1.23 bits per heavy atom. The largest absolute Gasteiger partial charge is 0.324 e. The maximum absolute atomic E-state index is 13.8. The van der Waals surface area contributed by atoms with E-state index in [4.69, 9.17) is 4.99 Å². The van der Waals surface area contributed by atoms with Gasteiger partial charge in [-0.05, 0) is 64.8 Å². The van der Waals surface area contributed by atoms with Crippen LogP contribution in [-0.4, -0.2) is 24.1 Å². The van der Waals surface area contributed by atoms with Crippen molar-refractivity contribution in [3.63, 3.8) is 0 Å². The number of halogens is 2. The topological polar surface area (TPSA) is 61.8 Å². The fraction of sp³-hybridized carbons (Fsp3) is 0.136. The van der Waals surface area contributed by atoms with Gasteiger partial charge in [0.05, 0.1) is 32.2 Å². The first-order valence-electron chi connectivity index (χ1n) is 9.19. The van der Waals surface area contributed by atoms with Crippen LogP contribution in [0.2, 0.25) is 0 Å². The number of para-hydroxylation sites is 2. The highest BCUT2D eigenvalue weighted by molar-refractivity contribution is 9.11. The molecule has 0 unspecified atom stereocenters. The summed E-state index contributed by atoms with van der Waals surface area (Å²) in [6.45, 7) is 1.46. The molecule has 0 aliphatic carbocycles. The Labute approximate surface area is 185 Å². The summed E-state index contributed by atoms with van der Waals surface area (Å²) in [5, 5.41) is 2.66. The van der Waals surface area contributed by atoms with Crippen LogP contribution in [0.25, 0.3) is 0 Å². The quantitative estimate of drug-likeness (QED) is 0.533. The fourth-order valence-electron chi connectivity index (χ4n) is 3.14. The number of benzene rings is 2. The summed E-state index contributed by atoms with van der Waals surface area (Å²) >= 11 is 4.94. The van der Waals surface area contributed by atoms with Crippen molar-refractivity contribution in [2.75, 3.05) is 16.8 Å². The molecule has 2 aromatic carbocycles. The van der Waals surface area contributed by atoms with E-state index < -0.39 is 11.7 Å². The lowest BCUT2D eigenvalue weighted by Gasteiger charge is -2.22. The van der Waals surface area contributed by atoms with Gasteiger partial charge in [-0.25, -0.2) is 9.38 Å². The first-order valence-corrected chi connectivity index (χ1v) is 10.8. The second kappa shape index (κ2) is 8.49. The van der Waals surface area contributed by atoms with Crippen LogP contribution in [0, 0.1) is 12.7 Å². The van der Waals surface area contributed by atoms with Gasteiger partial charge in [-0.3, -0.25) is 9.59 Å². The molecule has 1 N–H and O–H groups in total. The zero-order valence-electron chi connectivity index (χ0n) is 16.0. The molecule has 152 valence electrons. The summed E-state index contributed by atoms with van der Waals surface area (Å²) in [5.74, 6) is -1.04. The number of aliphatic imine (C=N–C) groups is 1. The van der Waals surface area contributed by atoms with Crippen LogP contribution >= 0.6 is 27.3 Å². The Hall–Kier alpha value is -2.84. The van der Waals surface area contributed by atoms with Crippen molar-refractivity contribution in [1.29, 1.82) is 0 Å². The van der Waals surface area contributed by atoms with Crippen LogP contribution in [-0.2, 0) is 9.59 Å². The number of fused-ring (bicyclic) bond motifs is 1. The van der Waals surface area contributed by atoms with E-state index in [9.17, 15) is 14.0 Å². The van der Waals surface area contributed by atoms with E-state index in [1.165, 1.54) is 22.3 Å². The molecule has 1 aliphatic heterocycles. The molecule has 3 aromatic rings. The van der Waals surface area contributed by atoms with Gasteiger partial charge >= 0.3 is 0 Å². The van der Waals surface area contributed by atoms with E-state index in [-0.39, 0.29) is 18.9 Å². The maximum atomic E-state index is 13.8. The molecular formula is C22H17BrFN3O2S. The number of hydrogen-bond donors (Lipinski definition) is 1. The number of hydrogen-bond acceptors (Lipinski definition) is 4. The second-order valence-corrected chi connectivity index (χ2v) is 9.28. The van der Waals surface area contributed by atoms with E-state index in [1.54, 1.807) is 31.2 Å². The molecule has 4 rings (SSSR count). The van der Waals surface area contributed by atoms with Crippen molar-refractivity contribution < 1.29 is 14.0 Å². The number of amides is 2. The molecule has 0 atom stereocenters. The molecular weight excluding hydrogens is 469 g/mol. The van der Waals surface area contributed by atoms with Crippen LogP contribution in [0.15, 0.2) is 63.4 Å². The summed E-state index contributed by atoms with van der Waals surface area (Å²) in [7, 11) is 0. The highest BCUT2D eigenvalue weighted by Gasteiger charge is 2.27. The molecule has 0 bridgehead atoms. The molecule has 0 spiro atoms. The summed E-state index contributed by atoms with van der Waals surface area (Å²) in [5.41, 5.74) is 2.69. The van der Waals surface area contributed by atoms with Gasteiger partial charge in [-0.2, -0.15) is 0 Å². The minimum Gasteiger partial charge on any atom is -0.324 e. The number of rotatable bonds is 4. The van der Waals surface area contributed by atoms with Gasteiger partial charge in [0.15, 0.2) is 0 Å². The number of aryl methyl sites for hydroxylation is 1. The average Bonchev–Trinajstić information content (AvgIpc) is 3.09. The maximum Gasteiger partial charge on any atom is 0.244 e. The van der Waals surface area contributed by atoms with Gasteiger partial charge in [0, 0.05) is 5.69 Å². The number of carbonyl (C=O) groups excluding carboxylic acids is 2. The van der Waals surface area contributed by atoms with Crippen LogP contribution in [0.5, 0.6) is 0 Å². The van der Waals surface area contributed by atoms with Gasteiger partial charge < -0.3 is 10.2 Å². The fourth-order valence-corrected chi connectivity index (χ4v) is 4.52. The highest BCUT2D eigenvalue weighted by atomic mass is 79.9. The smallest absolute Gasteiger partial charge is 0.244 e. The van der Waals surface area contributed by atoms with Crippen molar-refractivity contribution in [1.82, 2.24) is 0 Å². The van der Waals surface area contributed by atoms with Crippen LogP contribution < -0.4 is 10.2 Å². The normalized spacial score (nSPS) is 13.5. The summed E-state index contributed by atoms with van der Waals surface area (Å²) < 4.78 is 14.7. The van der Waals surface area contributed by atoms with Crippen molar-refractivity contribution in [2.45, 2.75) is 13.3 Å². The first-order chi connectivity index (χ1) is 14.4. The Morgan fingerprint density at radius 3 is 2.77 bits per heavy atom. The lowest BCUT2D eigenvalue weighted by molar-refractivity contribution is -0.120. The first kappa shape index (κ1) is 20.4. The van der Waals surface area contributed by atoms with Crippen LogP contribution in [0.3, 0.4) is 0 Å². The van der Waals surface area contributed by atoms with Gasteiger partial charge in [0.2, 0.25) is 11.8 Å². The molecule has 1 aliphatic rings. The van der Waals surface area contributed by atoms with Crippen LogP contribution in [0.4, 0.5) is 21.5 Å². The van der Waals surface area contributed by atoms with E-state index in [2.05, 4.69) is 21.2 Å². The van der Waals surface area contributed by atoms with Gasteiger partial charge in [0.25, 0.3) is 0 Å². The molecule has 1 aromatic heterocycles. The molecule has 0 saturated carbocycles. The van der Waals surface area contributed by atoms with Crippen molar-refractivity contribution in [3.05, 3.63) is 74.6 Å². The predicted molar refractivity (Wildman–Crippen MR) is 121 cm³/mol. The molecule has 0 saturated heterocycles. The second-order valence-electron chi connectivity index (χ2n) is 6.82. The molecule has 2 heterocycles. The Kier molecular flexibility index (Phi) is 5.78. The van der Waals surface area contributed by atoms with Crippen molar-refractivity contribution in [3.8, 4) is 0 Å².